The molecule has 0 aliphatic carbocycles. The summed E-state index contributed by atoms with van der Waals surface area (Å²) in [6, 6.07) is 9.40. The average Bonchev–Trinajstić information content (AvgIpc) is 2.85. The predicted octanol–water partition coefficient (Wildman–Crippen LogP) is 4.62. The molecule has 1 atom stereocenters. The van der Waals surface area contributed by atoms with E-state index in [4.69, 9.17) is 11.6 Å². The molecule has 0 saturated carbocycles. The van der Waals surface area contributed by atoms with E-state index in [0.717, 1.165) is 0 Å². The Morgan fingerprint density at radius 3 is 2.40 bits per heavy atom. The third-order valence-electron chi connectivity index (χ3n) is 4.29. The Balaban J connectivity index is 2.28. The van der Waals surface area contributed by atoms with Gasteiger partial charge in [-0.3, -0.25) is 4.79 Å². The van der Waals surface area contributed by atoms with E-state index in [1.165, 1.54) is 24.3 Å². The first kappa shape index (κ1) is 17.2. The number of ketones is 1. The molecule has 0 aliphatic heterocycles. The maximum atomic E-state index is 13.1. The molecule has 1 N–H and O–H groups in total. The molecule has 25 heavy (non-hydrogen) atoms. The average molecular weight is 360 g/mol. The van der Waals surface area contributed by atoms with Gasteiger partial charge in [0.25, 0.3) is 0 Å². The van der Waals surface area contributed by atoms with E-state index in [9.17, 15) is 19.1 Å². The number of carbonyl (C=O) groups excluding carboxylic acids is 1. The molecule has 128 valence electrons. The number of carboxylic acid groups (broad SMARTS) is 1. The highest BCUT2D eigenvalue weighted by Gasteiger charge is 2.26. The quantitative estimate of drug-likeness (QED) is 0.691. The molecule has 0 fully saturated rings. The van der Waals surface area contributed by atoms with Crippen molar-refractivity contribution in [1.82, 2.24) is 4.57 Å². The molecule has 0 spiro atoms. The van der Waals surface area contributed by atoms with Gasteiger partial charge in [-0.2, -0.15) is 0 Å². The second-order valence-electron chi connectivity index (χ2n) is 5.84. The number of rotatable bonds is 4. The summed E-state index contributed by atoms with van der Waals surface area (Å²) in [7, 11) is 0. The normalized spacial score (nSPS) is 12.3. The second-order valence-corrected chi connectivity index (χ2v) is 6.28. The summed E-state index contributed by atoms with van der Waals surface area (Å²) < 4.78 is 14.7. The first-order valence-corrected chi connectivity index (χ1v) is 8.02. The van der Waals surface area contributed by atoms with Gasteiger partial charge in [-0.25, -0.2) is 9.18 Å². The van der Waals surface area contributed by atoms with Crippen LogP contribution < -0.4 is 0 Å². The molecule has 0 radical (unpaired) electrons. The van der Waals surface area contributed by atoms with Crippen molar-refractivity contribution < 1.29 is 19.1 Å². The van der Waals surface area contributed by atoms with Crippen molar-refractivity contribution in [2.75, 3.05) is 0 Å². The largest absolute Gasteiger partial charge is 0.480 e. The zero-order valence-corrected chi connectivity index (χ0v) is 14.3. The molecule has 0 aliphatic rings. The Morgan fingerprint density at radius 1 is 1.16 bits per heavy atom. The van der Waals surface area contributed by atoms with Crippen molar-refractivity contribution in [3.8, 4) is 0 Å². The number of carboxylic acids is 1. The van der Waals surface area contributed by atoms with Gasteiger partial charge in [0, 0.05) is 21.7 Å². The summed E-state index contributed by atoms with van der Waals surface area (Å²) in [4.78, 5) is 24.5. The lowest BCUT2D eigenvalue weighted by Crippen LogP contribution is -2.17. The van der Waals surface area contributed by atoms with Gasteiger partial charge >= 0.3 is 5.97 Å². The van der Waals surface area contributed by atoms with Crippen LogP contribution >= 0.6 is 11.6 Å². The Labute approximate surface area is 148 Å². The van der Waals surface area contributed by atoms with Crippen LogP contribution in [0.3, 0.4) is 0 Å². The third-order valence-corrected chi connectivity index (χ3v) is 4.53. The maximum absolute atomic E-state index is 13.1. The second kappa shape index (κ2) is 6.33. The minimum absolute atomic E-state index is 0.291. The van der Waals surface area contributed by atoms with E-state index in [-0.39, 0.29) is 5.78 Å². The summed E-state index contributed by atoms with van der Waals surface area (Å²) in [6.45, 7) is 3.24. The van der Waals surface area contributed by atoms with E-state index in [1.807, 2.05) is 0 Å². The van der Waals surface area contributed by atoms with Crippen LogP contribution in [-0.4, -0.2) is 21.4 Å². The summed E-state index contributed by atoms with van der Waals surface area (Å²) in [5, 5.41) is 10.5. The van der Waals surface area contributed by atoms with Gasteiger partial charge in [-0.1, -0.05) is 17.7 Å². The molecule has 6 heteroatoms. The Bertz CT molecular complexity index is 992. The lowest BCUT2D eigenvalue weighted by Gasteiger charge is -2.13. The molecule has 0 saturated heterocycles. The molecule has 4 nitrogen and oxygen atoms in total. The molecule has 3 rings (SSSR count). The van der Waals surface area contributed by atoms with Crippen molar-refractivity contribution in [2.45, 2.75) is 19.9 Å². The first-order valence-electron chi connectivity index (χ1n) is 7.64. The number of nitrogens with zero attached hydrogens (tertiary/aromatic N) is 1. The van der Waals surface area contributed by atoms with Crippen molar-refractivity contribution in [3.05, 3.63) is 70.1 Å². The van der Waals surface area contributed by atoms with Gasteiger partial charge in [-0.15, -0.1) is 0 Å². The van der Waals surface area contributed by atoms with Crippen LogP contribution in [0.1, 0.15) is 34.6 Å². The van der Waals surface area contributed by atoms with Crippen LogP contribution in [0.4, 0.5) is 4.39 Å². The standard InChI is InChI=1S/C19H15ClFNO3/c1-10-17(18(23)12-3-6-14(21)7-4-12)15-8-5-13(20)9-16(15)22(10)11(2)19(24)25/h3-9,11H,1-2H3,(H,24,25). The molecule has 1 unspecified atom stereocenters. The van der Waals surface area contributed by atoms with Crippen molar-refractivity contribution >= 4 is 34.3 Å². The van der Waals surface area contributed by atoms with E-state index < -0.39 is 17.8 Å². The molecule has 1 heterocycles. The fourth-order valence-corrected chi connectivity index (χ4v) is 3.22. The smallest absolute Gasteiger partial charge is 0.326 e. The van der Waals surface area contributed by atoms with Gasteiger partial charge in [0.2, 0.25) is 0 Å². The third kappa shape index (κ3) is 2.91. The van der Waals surface area contributed by atoms with Gasteiger partial charge in [0.1, 0.15) is 11.9 Å². The summed E-state index contributed by atoms with van der Waals surface area (Å²) in [6.07, 6.45) is 0. The van der Waals surface area contributed by atoms with E-state index in [0.29, 0.717) is 32.7 Å². The van der Waals surface area contributed by atoms with E-state index in [2.05, 4.69) is 0 Å². The van der Waals surface area contributed by atoms with Crippen molar-refractivity contribution in [2.24, 2.45) is 0 Å². The molecule has 1 aromatic heterocycles. The number of aliphatic carboxylic acids is 1. The maximum Gasteiger partial charge on any atom is 0.326 e. The Morgan fingerprint density at radius 2 is 1.80 bits per heavy atom. The zero-order chi connectivity index (χ0) is 18.3. The van der Waals surface area contributed by atoms with Gasteiger partial charge < -0.3 is 9.67 Å². The topological polar surface area (TPSA) is 59.3 Å². The van der Waals surface area contributed by atoms with Gasteiger partial charge in [0.15, 0.2) is 5.78 Å². The fraction of sp³-hybridized carbons (Fsp3) is 0.158. The minimum Gasteiger partial charge on any atom is -0.480 e. The lowest BCUT2D eigenvalue weighted by molar-refractivity contribution is -0.140. The minimum atomic E-state index is -1.01. The molecule has 2 aromatic carbocycles. The SMILES string of the molecule is Cc1c(C(=O)c2ccc(F)cc2)c2ccc(Cl)cc2n1C(C)C(=O)O. The fourth-order valence-electron chi connectivity index (χ4n) is 3.05. The van der Waals surface area contributed by atoms with Crippen LogP contribution in [-0.2, 0) is 4.79 Å². The number of carbonyl (C=O) groups is 2. The Kier molecular flexibility index (Phi) is 4.35. The molecule has 0 bridgehead atoms. The van der Waals surface area contributed by atoms with Crippen molar-refractivity contribution in [3.63, 3.8) is 0 Å². The zero-order valence-electron chi connectivity index (χ0n) is 13.6. The van der Waals surface area contributed by atoms with Crippen LogP contribution in [0.5, 0.6) is 0 Å². The first-order chi connectivity index (χ1) is 11.8. The highest BCUT2D eigenvalue weighted by molar-refractivity contribution is 6.31. The van der Waals surface area contributed by atoms with E-state index >= 15 is 0 Å². The van der Waals surface area contributed by atoms with Crippen LogP contribution in [0.15, 0.2) is 42.5 Å². The molecule has 3 aromatic rings. The Hall–Kier alpha value is -2.66. The van der Waals surface area contributed by atoms with Crippen LogP contribution in [0.25, 0.3) is 10.9 Å². The number of hydrogen-bond acceptors (Lipinski definition) is 2. The molecular formula is C19H15ClFNO3. The molecular weight excluding hydrogens is 345 g/mol. The highest BCUT2D eigenvalue weighted by Crippen LogP contribution is 2.32. The number of halogens is 2. The van der Waals surface area contributed by atoms with E-state index in [1.54, 1.807) is 36.6 Å². The number of hydrogen-bond donors (Lipinski definition) is 1. The van der Waals surface area contributed by atoms with Crippen LogP contribution in [0.2, 0.25) is 5.02 Å². The summed E-state index contributed by atoms with van der Waals surface area (Å²) in [5.74, 6) is -1.73. The van der Waals surface area contributed by atoms with Crippen molar-refractivity contribution in [1.29, 1.82) is 0 Å². The highest BCUT2D eigenvalue weighted by atomic mass is 35.5. The van der Waals surface area contributed by atoms with Crippen LogP contribution in [0, 0.1) is 12.7 Å². The summed E-state index contributed by atoms with van der Waals surface area (Å²) in [5.41, 5.74) is 1.83. The van der Waals surface area contributed by atoms with Gasteiger partial charge in [0.05, 0.1) is 11.1 Å². The predicted molar refractivity (Wildman–Crippen MR) is 93.9 cm³/mol. The number of aromatic nitrogens is 1. The number of fused-ring (bicyclic) bond motifs is 1. The number of benzene rings is 2. The lowest BCUT2D eigenvalue weighted by atomic mass is 10.0. The summed E-state index contributed by atoms with van der Waals surface area (Å²) >= 11 is 6.06. The molecule has 0 amide bonds. The van der Waals surface area contributed by atoms with Gasteiger partial charge in [-0.05, 0) is 50.2 Å². The monoisotopic (exact) mass is 359 g/mol.